The number of rotatable bonds is 1. The van der Waals surface area contributed by atoms with E-state index in [4.69, 9.17) is 4.74 Å². The maximum atomic E-state index is 12.6. The summed E-state index contributed by atoms with van der Waals surface area (Å²) in [4.78, 5) is 0. The topological polar surface area (TPSA) is 9.23 Å². The highest BCUT2D eigenvalue weighted by atomic mass is 19.4. The van der Waals surface area contributed by atoms with E-state index in [0.29, 0.717) is 11.3 Å². The molecule has 0 aliphatic heterocycles. The Morgan fingerprint density at radius 2 is 1.62 bits per heavy atom. The molecule has 0 amide bonds. The summed E-state index contributed by atoms with van der Waals surface area (Å²) in [6.07, 6.45) is -4.31. The second kappa shape index (κ2) is 4.00. The molecular formula is C12H15F3O. The highest BCUT2D eigenvalue weighted by Crippen LogP contribution is 2.37. The number of hydrogen-bond donors (Lipinski definition) is 0. The van der Waals surface area contributed by atoms with Gasteiger partial charge in [0.15, 0.2) is 0 Å². The molecule has 1 rings (SSSR count). The van der Waals surface area contributed by atoms with Gasteiger partial charge in [0, 0.05) is 5.56 Å². The molecule has 0 aromatic heterocycles. The van der Waals surface area contributed by atoms with Crippen LogP contribution < -0.4 is 4.74 Å². The van der Waals surface area contributed by atoms with Crippen LogP contribution in [0.2, 0.25) is 0 Å². The van der Waals surface area contributed by atoms with Crippen molar-refractivity contribution >= 4 is 0 Å². The average Bonchev–Trinajstić information content (AvgIpc) is 2.14. The molecule has 1 aromatic rings. The molecule has 90 valence electrons. The van der Waals surface area contributed by atoms with E-state index in [2.05, 4.69) is 0 Å². The van der Waals surface area contributed by atoms with Gasteiger partial charge in [-0.05, 0) is 23.6 Å². The van der Waals surface area contributed by atoms with Gasteiger partial charge in [0.05, 0.1) is 12.7 Å². The molecule has 1 aromatic carbocycles. The Morgan fingerprint density at radius 1 is 1.06 bits per heavy atom. The fraction of sp³-hybridized carbons (Fsp3) is 0.500. The summed E-state index contributed by atoms with van der Waals surface area (Å²) in [6, 6.07) is 3.55. The zero-order valence-corrected chi connectivity index (χ0v) is 9.77. The van der Waals surface area contributed by atoms with Gasteiger partial charge in [-0.15, -0.1) is 0 Å². The van der Waals surface area contributed by atoms with Crippen LogP contribution in [0.3, 0.4) is 0 Å². The predicted molar refractivity (Wildman–Crippen MR) is 56.7 cm³/mol. The molecule has 0 radical (unpaired) electrons. The maximum absolute atomic E-state index is 12.6. The Hall–Kier alpha value is -1.19. The molecule has 0 fully saturated rings. The summed E-state index contributed by atoms with van der Waals surface area (Å²) in [6.45, 7) is 5.56. The first-order valence-electron chi connectivity index (χ1n) is 4.92. The van der Waals surface area contributed by atoms with Gasteiger partial charge >= 0.3 is 6.18 Å². The average molecular weight is 232 g/mol. The first-order valence-corrected chi connectivity index (χ1v) is 4.92. The van der Waals surface area contributed by atoms with Gasteiger partial charge in [0.2, 0.25) is 0 Å². The lowest BCUT2D eigenvalue weighted by atomic mass is 9.85. The van der Waals surface area contributed by atoms with Crippen molar-refractivity contribution in [1.29, 1.82) is 0 Å². The van der Waals surface area contributed by atoms with Crippen molar-refractivity contribution in [3.8, 4) is 5.75 Å². The van der Waals surface area contributed by atoms with E-state index in [1.54, 1.807) is 0 Å². The first kappa shape index (κ1) is 12.9. The van der Waals surface area contributed by atoms with Crippen LogP contribution in [0.4, 0.5) is 13.2 Å². The smallest absolute Gasteiger partial charge is 0.416 e. The first-order chi connectivity index (χ1) is 7.16. The van der Waals surface area contributed by atoms with Crippen LogP contribution in [0, 0.1) is 0 Å². The quantitative estimate of drug-likeness (QED) is 0.710. The predicted octanol–water partition coefficient (Wildman–Crippen LogP) is 4.01. The van der Waals surface area contributed by atoms with Gasteiger partial charge in [-0.1, -0.05) is 20.8 Å². The lowest BCUT2D eigenvalue weighted by Crippen LogP contribution is -2.15. The number of methoxy groups -OCH3 is 1. The minimum absolute atomic E-state index is 0.382. The summed E-state index contributed by atoms with van der Waals surface area (Å²) in [5, 5.41) is 0. The molecule has 0 atom stereocenters. The van der Waals surface area contributed by atoms with Gasteiger partial charge in [0.25, 0.3) is 0 Å². The third kappa shape index (κ3) is 2.68. The van der Waals surface area contributed by atoms with E-state index in [-0.39, 0.29) is 5.41 Å². The Bertz CT molecular complexity index is 375. The molecule has 0 saturated carbocycles. The van der Waals surface area contributed by atoms with E-state index in [9.17, 15) is 13.2 Å². The summed E-state index contributed by atoms with van der Waals surface area (Å²) >= 11 is 0. The molecule has 0 saturated heterocycles. The van der Waals surface area contributed by atoms with Crippen LogP contribution in [0.1, 0.15) is 31.9 Å². The molecule has 0 N–H and O–H groups in total. The number of alkyl halides is 3. The molecular weight excluding hydrogens is 217 g/mol. The van der Waals surface area contributed by atoms with Gasteiger partial charge in [-0.2, -0.15) is 13.2 Å². The second-order valence-corrected chi connectivity index (χ2v) is 4.66. The van der Waals surface area contributed by atoms with Crippen molar-refractivity contribution in [3.63, 3.8) is 0 Å². The number of halogens is 3. The number of ether oxygens (including phenoxy) is 1. The monoisotopic (exact) mass is 232 g/mol. The number of hydrogen-bond acceptors (Lipinski definition) is 1. The fourth-order valence-electron chi connectivity index (χ4n) is 1.47. The van der Waals surface area contributed by atoms with Crippen LogP contribution in [0.15, 0.2) is 18.2 Å². The molecule has 0 aliphatic carbocycles. The molecule has 1 nitrogen and oxygen atoms in total. The van der Waals surface area contributed by atoms with Gasteiger partial charge in [0.1, 0.15) is 5.75 Å². The lowest BCUT2D eigenvalue weighted by molar-refractivity contribution is -0.137. The normalized spacial score (nSPS) is 12.7. The minimum atomic E-state index is -4.31. The Morgan fingerprint density at radius 3 is 2.00 bits per heavy atom. The zero-order valence-electron chi connectivity index (χ0n) is 9.77. The second-order valence-electron chi connectivity index (χ2n) is 4.66. The highest BCUT2D eigenvalue weighted by molar-refractivity contribution is 5.42. The largest absolute Gasteiger partial charge is 0.496 e. The maximum Gasteiger partial charge on any atom is 0.416 e. The summed E-state index contributed by atoms with van der Waals surface area (Å²) in [5.41, 5.74) is -0.463. The van der Waals surface area contributed by atoms with E-state index < -0.39 is 11.7 Å². The lowest BCUT2D eigenvalue weighted by Gasteiger charge is -2.23. The van der Waals surface area contributed by atoms with Crippen molar-refractivity contribution in [2.75, 3.05) is 7.11 Å². The summed E-state index contributed by atoms with van der Waals surface area (Å²) < 4.78 is 42.7. The van der Waals surface area contributed by atoms with Gasteiger partial charge in [-0.25, -0.2) is 0 Å². The summed E-state index contributed by atoms with van der Waals surface area (Å²) in [7, 11) is 1.46. The molecule has 0 heterocycles. The van der Waals surface area contributed by atoms with Crippen molar-refractivity contribution in [3.05, 3.63) is 29.3 Å². The SMILES string of the molecule is COc1ccc(C(F)(F)F)cc1C(C)(C)C. The van der Waals surface area contributed by atoms with Crippen molar-refractivity contribution in [1.82, 2.24) is 0 Å². The minimum Gasteiger partial charge on any atom is -0.496 e. The molecule has 4 heteroatoms. The fourth-order valence-corrected chi connectivity index (χ4v) is 1.47. The van der Waals surface area contributed by atoms with Gasteiger partial charge < -0.3 is 4.74 Å². The van der Waals surface area contributed by atoms with Crippen LogP contribution in [-0.4, -0.2) is 7.11 Å². The molecule has 0 unspecified atom stereocenters. The Balaban J connectivity index is 3.34. The van der Waals surface area contributed by atoms with Crippen LogP contribution >= 0.6 is 0 Å². The summed E-state index contributed by atoms with van der Waals surface area (Å²) in [5.74, 6) is 0.487. The van der Waals surface area contributed by atoms with Crippen molar-refractivity contribution in [2.45, 2.75) is 32.4 Å². The van der Waals surface area contributed by atoms with E-state index in [1.165, 1.54) is 13.2 Å². The highest BCUT2D eigenvalue weighted by Gasteiger charge is 2.32. The third-order valence-corrected chi connectivity index (χ3v) is 2.33. The van der Waals surface area contributed by atoms with Crippen LogP contribution in [0.5, 0.6) is 5.75 Å². The van der Waals surface area contributed by atoms with E-state index >= 15 is 0 Å². The molecule has 0 spiro atoms. The number of benzene rings is 1. The molecule has 16 heavy (non-hydrogen) atoms. The van der Waals surface area contributed by atoms with E-state index in [1.807, 2.05) is 20.8 Å². The Kier molecular flexibility index (Phi) is 3.22. The van der Waals surface area contributed by atoms with Crippen molar-refractivity contribution in [2.24, 2.45) is 0 Å². The standard InChI is InChI=1S/C12H15F3O/c1-11(2,3)9-7-8(12(13,14)15)5-6-10(9)16-4/h5-7H,1-4H3. The van der Waals surface area contributed by atoms with Crippen LogP contribution in [-0.2, 0) is 11.6 Å². The molecule has 0 bridgehead atoms. The zero-order chi connectivity index (χ0) is 12.6. The van der Waals surface area contributed by atoms with Gasteiger partial charge in [-0.3, -0.25) is 0 Å². The third-order valence-electron chi connectivity index (χ3n) is 2.33. The molecule has 0 aliphatic rings. The van der Waals surface area contributed by atoms with E-state index in [0.717, 1.165) is 12.1 Å². The van der Waals surface area contributed by atoms with Crippen molar-refractivity contribution < 1.29 is 17.9 Å². The Labute approximate surface area is 93.2 Å². The van der Waals surface area contributed by atoms with Crippen LogP contribution in [0.25, 0.3) is 0 Å².